The monoisotopic (exact) mass is 386 g/mol. The van der Waals surface area contributed by atoms with Crippen LogP contribution in [0, 0.1) is 10.1 Å². The van der Waals surface area contributed by atoms with Crippen LogP contribution in [-0.2, 0) is 16.0 Å². The van der Waals surface area contributed by atoms with Crippen LogP contribution in [0.5, 0.6) is 0 Å². The summed E-state index contributed by atoms with van der Waals surface area (Å²) < 4.78 is 0. The number of amides is 2. The highest BCUT2D eigenvalue weighted by Crippen LogP contribution is 2.27. The fourth-order valence-corrected chi connectivity index (χ4v) is 2.83. The number of benzene rings is 2. The lowest BCUT2D eigenvalue weighted by molar-refractivity contribution is -0.384. The first-order chi connectivity index (χ1) is 13.0. The first-order valence-corrected chi connectivity index (χ1v) is 8.41. The minimum atomic E-state index is -0.912. The van der Waals surface area contributed by atoms with Crippen molar-refractivity contribution in [3.63, 3.8) is 0 Å². The molecule has 2 aromatic carbocycles. The Kier molecular flexibility index (Phi) is 5.37. The number of hydrogen-bond donors (Lipinski definition) is 3. The zero-order valence-electron chi connectivity index (χ0n) is 14.0. The van der Waals surface area contributed by atoms with Gasteiger partial charge in [-0.2, -0.15) is 0 Å². The van der Waals surface area contributed by atoms with Gasteiger partial charge in [-0.1, -0.05) is 29.8 Å². The molecule has 0 aliphatic carbocycles. The second-order valence-electron chi connectivity index (χ2n) is 5.74. The predicted octanol–water partition coefficient (Wildman–Crippen LogP) is 3.03. The number of halogens is 1. The van der Waals surface area contributed by atoms with Crippen molar-refractivity contribution in [3.05, 3.63) is 69.4 Å². The molecule has 0 aliphatic rings. The van der Waals surface area contributed by atoms with Crippen molar-refractivity contribution in [1.29, 1.82) is 0 Å². The molecule has 1 heterocycles. The lowest BCUT2D eigenvalue weighted by Gasteiger charge is -2.07. The minimum absolute atomic E-state index is 0.0545. The van der Waals surface area contributed by atoms with Gasteiger partial charge in [-0.3, -0.25) is 19.7 Å². The number of aromatic amines is 1. The summed E-state index contributed by atoms with van der Waals surface area (Å²) in [5.41, 5.74) is 1.79. The summed E-state index contributed by atoms with van der Waals surface area (Å²) in [4.78, 5) is 37.2. The molecule has 0 spiro atoms. The number of fused-ring (bicyclic) bond motifs is 1. The van der Waals surface area contributed by atoms with E-state index in [2.05, 4.69) is 15.6 Å². The maximum atomic E-state index is 12.0. The quantitative estimate of drug-likeness (QED) is 0.355. The van der Waals surface area contributed by atoms with Crippen molar-refractivity contribution in [3.8, 4) is 0 Å². The molecule has 0 radical (unpaired) electrons. The summed E-state index contributed by atoms with van der Waals surface area (Å²) in [7, 11) is 0. The van der Waals surface area contributed by atoms with Gasteiger partial charge in [0.05, 0.1) is 4.92 Å². The molecule has 138 valence electrons. The predicted molar refractivity (Wildman–Crippen MR) is 102 cm³/mol. The minimum Gasteiger partial charge on any atom is -0.361 e. The number of para-hydroxylation sites is 1. The van der Waals surface area contributed by atoms with Crippen molar-refractivity contribution in [1.82, 2.24) is 10.3 Å². The molecular weight excluding hydrogens is 372 g/mol. The van der Waals surface area contributed by atoms with Crippen molar-refractivity contribution < 1.29 is 14.5 Å². The average Bonchev–Trinajstić information content (AvgIpc) is 3.06. The van der Waals surface area contributed by atoms with Gasteiger partial charge in [0.25, 0.3) is 5.69 Å². The molecule has 3 N–H and O–H groups in total. The van der Waals surface area contributed by atoms with E-state index < -0.39 is 16.7 Å². The number of rotatable bonds is 5. The smallest absolute Gasteiger partial charge is 0.313 e. The van der Waals surface area contributed by atoms with E-state index in [0.29, 0.717) is 6.42 Å². The number of carbonyl (C=O) groups excluding carboxylic acids is 2. The lowest BCUT2D eigenvalue weighted by atomic mass is 10.1. The van der Waals surface area contributed by atoms with Crippen LogP contribution in [0.15, 0.2) is 48.7 Å². The average molecular weight is 387 g/mol. The molecule has 0 saturated carbocycles. The first-order valence-electron chi connectivity index (χ1n) is 8.04. The van der Waals surface area contributed by atoms with E-state index in [9.17, 15) is 19.7 Å². The number of H-pyrrole nitrogens is 1. The number of anilines is 1. The molecule has 0 unspecified atom stereocenters. The SMILES string of the molecule is O=C(NCCc1c[nH]c2ccccc12)C(=O)Nc1ccc(Cl)c([N+](=O)[O-])c1. The molecule has 0 saturated heterocycles. The van der Waals surface area contributed by atoms with Gasteiger partial charge in [0.15, 0.2) is 0 Å². The number of carbonyl (C=O) groups is 2. The second-order valence-corrected chi connectivity index (χ2v) is 6.15. The third-order valence-corrected chi connectivity index (χ3v) is 4.28. The molecular formula is C18H15ClN4O4. The topological polar surface area (TPSA) is 117 Å². The third kappa shape index (κ3) is 4.24. The Hall–Kier alpha value is -3.39. The van der Waals surface area contributed by atoms with E-state index in [-0.39, 0.29) is 22.9 Å². The Labute approximate surface area is 158 Å². The zero-order valence-corrected chi connectivity index (χ0v) is 14.7. The van der Waals surface area contributed by atoms with Gasteiger partial charge in [-0.25, -0.2) is 0 Å². The van der Waals surface area contributed by atoms with Crippen LogP contribution >= 0.6 is 11.6 Å². The van der Waals surface area contributed by atoms with Crippen LogP contribution in [-0.4, -0.2) is 28.3 Å². The van der Waals surface area contributed by atoms with Crippen LogP contribution in [0.1, 0.15) is 5.56 Å². The summed E-state index contributed by atoms with van der Waals surface area (Å²) >= 11 is 5.71. The number of hydrogen-bond acceptors (Lipinski definition) is 4. The van der Waals surface area contributed by atoms with E-state index in [1.165, 1.54) is 12.1 Å². The molecule has 9 heteroatoms. The summed E-state index contributed by atoms with van der Waals surface area (Å²) in [5.74, 6) is -1.74. The first kappa shape index (κ1) is 18.4. The molecule has 0 atom stereocenters. The van der Waals surface area contributed by atoms with Gasteiger partial charge < -0.3 is 15.6 Å². The fourth-order valence-electron chi connectivity index (χ4n) is 2.65. The molecule has 3 aromatic rings. The van der Waals surface area contributed by atoms with E-state index in [1.807, 2.05) is 30.5 Å². The summed E-state index contributed by atoms with van der Waals surface area (Å²) in [5, 5.41) is 16.7. The third-order valence-electron chi connectivity index (χ3n) is 3.96. The van der Waals surface area contributed by atoms with E-state index in [0.717, 1.165) is 22.5 Å². The standard InChI is InChI=1S/C18H15ClN4O4/c19-14-6-5-12(9-16(14)23(26)27)22-18(25)17(24)20-8-7-11-10-21-15-4-2-1-3-13(11)15/h1-6,9-10,21H,7-8H2,(H,20,24)(H,22,25). The summed E-state index contributed by atoms with van der Waals surface area (Å²) in [6.45, 7) is 0.273. The molecule has 3 rings (SSSR count). The van der Waals surface area contributed by atoms with Crippen LogP contribution in [0.4, 0.5) is 11.4 Å². The molecule has 27 heavy (non-hydrogen) atoms. The molecule has 8 nitrogen and oxygen atoms in total. The van der Waals surface area contributed by atoms with E-state index in [4.69, 9.17) is 11.6 Å². The maximum Gasteiger partial charge on any atom is 0.313 e. The van der Waals surface area contributed by atoms with Crippen LogP contribution in [0.25, 0.3) is 10.9 Å². The number of nitrogens with zero attached hydrogens (tertiary/aromatic N) is 1. The highest BCUT2D eigenvalue weighted by atomic mass is 35.5. The summed E-state index contributed by atoms with van der Waals surface area (Å²) in [6, 6.07) is 11.5. The van der Waals surface area contributed by atoms with Crippen molar-refractivity contribution in [2.24, 2.45) is 0 Å². The Balaban J connectivity index is 1.56. The number of nitro benzene ring substituents is 1. The molecule has 0 bridgehead atoms. The largest absolute Gasteiger partial charge is 0.361 e. The fraction of sp³-hybridized carbons (Fsp3) is 0.111. The molecule has 0 aliphatic heterocycles. The van der Waals surface area contributed by atoms with Crippen molar-refractivity contribution in [2.75, 3.05) is 11.9 Å². The van der Waals surface area contributed by atoms with Gasteiger partial charge in [-0.15, -0.1) is 0 Å². The maximum absolute atomic E-state index is 12.0. The van der Waals surface area contributed by atoms with E-state index in [1.54, 1.807) is 0 Å². The number of nitrogens with one attached hydrogen (secondary N) is 3. The Morgan fingerprint density at radius 1 is 1.15 bits per heavy atom. The van der Waals surface area contributed by atoms with Crippen LogP contribution in [0.3, 0.4) is 0 Å². The van der Waals surface area contributed by atoms with Crippen LogP contribution < -0.4 is 10.6 Å². The Bertz CT molecular complexity index is 1030. The molecule has 1 aromatic heterocycles. The number of aromatic nitrogens is 1. The van der Waals surface area contributed by atoms with Gasteiger partial charge in [0, 0.05) is 35.4 Å². The van der Waals surface area contributed by atoms with Gasteiger partial charge in [0.1, 0.15) is 5.02 Å². The summed E-state index contributed by atoms with van der Waals surface area (Å²) in [6.07, 6.45) is 2.42. The van der Waals surface area contributed by atoms with Crippen molar-refractivity contribution in [2.45, 2.75) is 6.42 Å². The van der Waals surface area contributed by atoms with Crippen LogP contribution in [0.2, 0.25) is 5.02 Å². The van der Waals surface area contributed by atoms with Gasteiger partial charge in [-0.05, 0) is 30.2 Å². The molecule has 0 fully saturated rings. The highest BCUT2D eigenvalue weighted by Gasteiger charge is 2.17. The molecule has 2 amide bonds. The number of nitro groups is 1. The zero-order chi connectivity index (χ0) is 19.4. The highest BCUT2D eigenvalue weighted by molar-refractivity contribution is 6.39. The normalized spacial score (nSPS) is 10.6. The Morgan fingerprint density at radius 3 is 2.70 bits per heavy atom. The second kappa shape index (κ2) is 7.88. The van der Waals surface area contributed by atoms with Crippen molar-refractivity contribution >= 4 is 45.7 Å². The lowest BCUT2D eigenvalue weighted by Crippen LogP contribution is -2.36. The van der Waals surface area contributed by atoms with Gasteiger partial charge in [0.2, 0.25) is 0 Å². The van der Waals surface area contributed by atoms with E-state index >= 15 is 0 Å². The Morgan fingerprint density at radius 2 is 1.93 bits per heavy atom. The van der Waals surface area contributed by atoms with Gasteiger partial charge >= 0.3 is 11.8 Å².